The molecule has 0 spiro atoms. The van der Waals surface area contributed by atoms with E-state index < -0.39 is 28.6 Å². The van der Waals surface area contributed by atoms with Crippen molar-refractivity contribution >= 4 is 23.7 Å². The van der Waals surface area contributed by atoms with Gasteiger partial charge in [-0.15, -0.1) is 10.2 Å². The van der Waals surface area contributed by atoms with Gasteiger partial charge in [0.2, 0.25) is 0 Å². The van der Waals surface area contributed by atoms with Crippen molar-refractivity contribution in [1.29, 1.82) is 0 Å². The molecule has 10 nitrogen and oxygen atoms in total. The van der Waals surface area contributed by atoms with Crippen molar-refractivity contribution in [1.82, 2.24) is 0 Å². The van der Waals surface area contributed by atoms with Gasteiger partial charge in [0.1, 0.15) is 23.2 Å². The topological polar surface area (TPSA) is 154 Å². The first kappa shape index (κ1) is 27.6. The highest BCUT2D eigenvalue weighted by Gasteiger charge is 2.43. The van der Waals surface area contributed by atoms with Gasteiger partial charge in [-0.05, 0) is 35.1 Å². The molecule has 0 radical (unpaired) electrons. The van der Waals surface area contributed by atoms with E-state index in [1.807, 2.05) is 0 Å². The minimum Gasteiger partial charge on any atom is -0.508 e. The van der Waals surface area contributed by atoms with E-state index in [-0.39, 0.29) is 11.3 Å². The maximum atomic E-state index is 12.1. The van der Waals surface area contributed by atoms with Gasteiger partial charge in [0, 0.05) is 5.56 Å². The van der Waals surface area contributed by atoms with E-state index in [0.29, 0.717) is 24.1 Å². The second-order valence-corrected chi connectivity index (χ2v) is 9.64. The van der Waals surface area contributed by atoms with Gasteiger partial charge < -0.3 is 20.1 Å². The number of aliphatic carboxylic acids is 2. The van der Waals surface area contributed by atoms with Crippen molar-refractivity contribution in [2.24, 2.45) is 20.7 Å². The van der Waals surface area contributed by atoms with Crippen molar-refractivity contribution in [2.45, 2.75) is 87.8 Å². The fourth-order valence-electron chi connectivity index (χ4n) is 3.64. The highest BCUT2D eigenvalue weighted by Crippen LogP contribution is 2.48. The van der Waals surface area contributed by atoms with Gasteiger partial charge in [-0.25, -0.2) is 0 Å². The Balaban J connectivity index is 1.92. The molecule has 34 heavy (non-hydrogen) atoms. The van der Waals surface area contributed by atoms with Crippen LogP contribution < -0.4 is 4.74 Å². The predicted octanol–water partition coefficient (Wildman–Crippen LogP) is 6.51. The molecule has 1 aliphatic rings. The monoisotopic (exact) mass is 494 g/mol. The number of ether oxygens (including phenoxy) is 1. The molecular weight excluding hydrogens is 460 g/mol. The van der Waals surface area contributed by atoms with Gasteiger partial charge in [0.25, 0.3) is 4.99 Å². The van der Waals surface area contributed by atoms with E-state index in [2.05, 4.69) is 27.6 Å². The summed E-state index contributed by atoms with van der Waals surface area (Å²) in [5.41, 5.74) is 0.201. The lowest BCUT2D eigenvalue weighted by Gasteiger charge is -2.23. The van der Waals surface area contributed by atoms with Crippen LogP contribution in [0.3, 0.4) is 0 Å². The van der Waals surface area contributed by atoms with Crippen molar-refractivity contribution in [3.63, 3.8) is 0 Å². The van der Waals surface area contributed by atoms with E-state index in [1.54, 1.807) is 0 Å². The predicted molar refractivity (Wildman–Crippen MR) is 128 cm³/mol. The van der Waals surface area contributed by atoms with Crippen LogP contribution in [0, 0.1) is 0 Å². The zero-order chi connectivity index (χ0) is 24.8. The molecule has 0 aliphatic carbocycles. The quantitative estimate of drug-likeness (QED) is 0.196. The summed E-state index contributed by atoms with van der Waals surface area (Å²) in [6.45, 7) is 2.62. The van der Waals surface area contributed by atoms with Crippen molar-refractivity contribution < 1.29 is 29.6 Å². The van der Waals surface area contributed by atoms with Gasteiger partial charge in [0.15, 0.2) is 0 Å². The Labute approximate surface area is 203 Å². The maximum Gasteiger partial charge on any atom is 0.321 e. The first-order chi connectivity index (χ1) is 16.4. The lowest BCUT2D eigenvalue weighted by Crippen LogP contribution is -2.25. The number of hydrogen-bond donors (Lipinski definition) is 3. The summed E-state index contributed by atoms with van der Waals surface area (Å²) in [7, 11) is 0. The minimum absolute atomic E-state index is 0.130. The molecule has 0 amide bonds. The third-order valence-electron chi connectivity index (χ3n) is 5.39. The lowest BCUT2D eigenvalue weighted by atomic mass is 10.1. The number of carboxylic acids is 2. The van der Waals surface area contributed by atoms with E-state index in [4.69, 9.17) is 4.74 Å². The average molecular weight is 495 g/mol. The highest BCUT2D eigenvalue weighted by molar-refractivity contribution is 8.01. The van der Waals surface area contributed by atoms with E-state index in [1.165, 1.54) is 63.1 Å². The zero-order valence-electron chi connectivity index (χ0n) is 19.6. The number of thioether (sulfide) groups is 1. The number of nitrogens with zero attached hydrogens (tertiary/aromatic N) is 4. The van der Waals surface area contributed by atoms with Crippen LogP contribution in [0.25, 0.3) is 0 Å². The number of benzene rings is 1. The number of rotatable bonds is 18. The van der Waals surface area contributed by atoms with E-state index >= 15 is 0 Å². The summed E-state index contributed by atoms with van der Waals surface area (Å²) >= 11 is 0.680. The molecule has 1 aliphatic heterocycles. The van der Waals surface area contributed by atoms with Crippen LogP contribution >= 0.6 is 11.8 Å². The molecule has 188 valence electrons. The van der Waals surface area contributed by atoms with Gasteiger partial charge in [-0.1, -0.05) is 76.5 Å². The Morgan fingerprint density at radius 2 is 1.56 bits per heavy atom. The van der Waals surface area contributed by atoms with Crippen LogP contribution in [0.2, 0.25) is 0 Å². The summed E-state index contributed by atoms with van der Waals surface area (Å²) in [5.74, 6) is -2.28. The molecule has 0 fully saturated rings. The molecule has 0 aromatic heterocycles. The summed E-state index contributed by atoms with van der Waals surface area (Å²) in [6, 6.07) is 4.24. The number of phenolic OH excluding ortho intramolecular Hbond substituents is 1. The Kier molecular flexibility index (Phi) is 11.8. The highest BCUT2D eigenvalue weighted by atomic mass is 32.2. The molecule has 1 heterocycles. The SMILES string of the molecule is CCCCCCCCCCCCOc1ccc(O)cc1C(SC1(CC(=O)O)N=NN=N1)C(=O)O. The molecule has 2 rings (SSSR count). The second kappa shape index (κ2) is 14.5. The van der Waals surface area contributed by atoms with Crippen LogP contribution in [-0.2, 0) is 9.59 Å². The Morgan fingerprint density at radius 1 is 0.971 bits per heavy atom. The third-order valence-corrected chi connectivity index (χ3v) is 6.76. The largest absolute Gasteiger partial charge is 0.508 e. The first-order valence-corrected chi connectivity index (χ1v) is 12.7. The number of aromatic hydroxyl groups is 1. The summed E-state index contributed by atoms with van der Waals surface area (Å²) in [5, 5.41) is 42.0. The summed E-state index contributed by atoms with van der Waals surface area (Å²) in [4.78, 5) is 21.7. The van der Waals surface area contributed by atoms with E-state index in [0.717, 1.165) is 19.3 Å². The Morgan fingerprint density at radius 3 is 2.12 bits per heavy atom. The molecule has 1 atom stereocenters. The number of carbonyl (C=O) groups is 2. The Hall–Kier alpha value is -2.69. The van der Waals surface area contributed by atoms with Gasteiger partial charge in [-0.2, -0.15) is 0 Å². The fourth-order valence-corrected chi connectivity index (χ4v) is 4.80. The molecular formula is C23H34N4O6S. The van der Waals surface area contributed by atoms with Crippen molar-refractivity contribution in [3.05, 3.63) is 23.8 Å². The molecule has 1 aromatic rings. The molecule has 3 N–H and O–H groups in total. The molecule has 0 saturated carbocycles. The number of phenols is 1. The molecule has 1 aromatic carbocycles. The lowest BCUT2D eigenvalue weighted by molar-refractivity contribution is -0.138. The van der Waals surface area contributed by atoms with Crippen LogP contribution in [0.5, 0.6) is 11.5 Å². The second-order valence-electron chi connectivity index (χ2n) is 8.28. The van der Waals surface area contributed by atoms with Crippen molar-refractivity contribution in [2.75, 3.05) is 6.61 Å². The van der Waals surface area contributed by atoms with Crippen LogP contribution in [0.1, 0.15) is 88.4 Å². The zero-order valence-corrected chi connectivity index (χ0v) is 20.4. The van der Waals surface area contributed by atoms with Crippen LogP contribution in [0.15, 0.2) is 38.9 Å². The minimum atomic E-state index is -1.69. The molecule has 1 unspecified atom stereocenters. The summed E-state index contributed by atoms with van der Waals surface area (Å²) < 4.78 is 5.86. The number of unbranched alkanes of at least 4 members (excludes halogenated alkanes) is 9. The fraction of sp³-hybridized carbons (Fsp3) is 0.652. The third kappa shape index (κ3) is 9.28. The van der Waals surface area contributed by atoms with Crippen molar-refractivity contribution in [3.8, 4) is 11.5 Å². The first-order valence-electron chi connectivity index (χ1n) is 11.8. The normalized spacial score (nSPS) is 14.9. The average Bonchev–Trinajstić information content (AvgIpc) is 3.24. The van der Waals surface area contributed by atoms with Gasteiger partial charge >= 0.3 is 11.9 Å². The number of carboxylic acid groups (broad SMARTS) is 2. The number of hydrogen-bond acceptors (Lipinski definition) is 9. The molecule has 0 saturated heterocycles. The standard InChI is InChI=1S/C23H34N4O6S/c1-2-3-4-5-6-7-8-9-10-11-14-33-19-13-12-17(28)15-18(19)21(22(31)32)34-23(16-20(29)30)24-26-27-25-23/h12-13,15,21,28H,2-11,14,16H2,1H3,(H,29,30)(H,31,32). The van der Waals surface area contributed by atoms with E-state index in [9.17, 15) is 24.9 Å². The van der Waals surface area contributed by atoms with Gasteiger partial charge in [0.05, 0.1) is 6.61 Å². The smallest absolute Gasteiger partial charge is 0.321 e. The van der Waals surface area contributed by atoms with Crippen LogP contribution in [-0.4, -0.2) is 38.9 Å². The van der Waals surface area contributed by atoms with Gasteiger partial charge in [-0.3, -0.25) is 9.59 Å². The van der Waals surface area contributed by atoms with Crippen LogP contribution in [0.4, 0.5) is 0 Å². The molecule has 0 bridgehead atoms. The summed E-state index contributed by atoms with van der Waals surface area (Å²) in [6.07, 6.45) is 11.3. The molecule has 11 heteroatoms. The maximum absolute atomic E-state index is 12.1. The Bertz CT molecular complexity index is 852.